The average Bonchev–Trinajstić information content (AvgIpc) is 2.45. The minimum atomic E-state index is -1.04. The van der Waals surface area contributed by atoms with E-state index in [1.807, 2.05) is 6.07 Å². The molecule has 0 fully saturated rings. The maximum atomic E-state index is 11.1. The number of ether oxygens (including phenoxy) is 3. The molecule has 0 aliphatic rings. The Morgan fingerprint density at radius 1 is 1.11 bits per heavy atom. The fourth-order valence-corrected chi connectivity index (χ4v) is 1.13. The molecule has 100 valence electrons. The quantitative estimate of drug-likeness (QED) is 0.426. The minimum absolute atomic E-state index is 0.237. The second kappa shape index (κ2) is 7.71. The van der Waals surface area contributed by atoms with Crippen molar-refractivity contribution in [2.45, 2.75) is 6.29 Å². The van der Waals surface area contributed by atoms with Gasteiger partial charge in [0.25, 0.3) is 6.29 Å². The normalized spacial score (nSPS) is 10.9. The smallest absolute Gasteiger partial charge is 0.333 e. The number of hydrogen-bond acceptors (Lipinski definition) is 5. The van der Waals surface area contributed by atoms with Gasteiger partial charge in [-0.05, 0) is 12.1 Å². The summed E-state index contributed by atoms with van der Waals surface area (Å²) in [6.07, 6.45) is 0.961. The zero-order chi connectivity index (χ0) is 14.1. The highest BCUT2D eigenvalue weighted by molar-refractivity contribution is 5.82. The van der Waals surface area contributed by atoms with Crippen molar-refractivity contribution in [3.8, 4) is 5.75 Å². The van der Waals surface area contributed by atoms with Gasteiger partial charge in [0.05, 0.1) is 0 Å². The second-order valence-corrected chi connectivity index (χ2v) is 3.34. The lowest BCUT2D eigenvalue weighted by Gasteiger charge is -2.18. The lowest BCUT2D eigenvalue weighted by Crippen LogP contribution is -2.29. The van der Waals surface area contributed by atoms with E-state index in [1.165, 1.54) is 0 Å². The van der Waals surface area contributed by atoms with Crippen LogP contribution >= 0.6 is 0 Å². The molecule has 1 unspecified atom stereocenters. The van der Waals surface area contributed by atoms with Crippen LogP contribution in [0, 0.1) is 0 Å². The summed E-state index contributed by atoms with van der Waals surface area (Å²) in [5.41, 5.74) is 0. The van der Waals surface area contributed by atoms with Gasteiger partial charge in [0, 0.05) is 12.2 Å². The molecule has 0 aliphatic heterocycles. The molecular formula is C14H14O5. The largest absolute Gasteiger partial charge is 0.455 e. The molecule has 0 spiro atoms. The molecule has 0 saturated carbocycles. The number of hydrogen-bond donors (Lipinski definition) is 0. The molecule has 0 amide bonds. The first kappa shape index (κ1) is 14.5. The van der Waals surface area contributed by atoms with Crippen LogP contribution in [-0.2, 0) is 19.1 Å². The Morgan fingerprint density at radius 3 is 2.32 bits per heavy atom. The average molecular weight is 262 g/mol. The molecule has 5 heteroatoms. The Kier molecular flexibility index (Phi) is 5.88. The van der Waals surface area contributed by atoms with Gasteiger partial charge in [-0.25, -0.2) is 9.59 Å². The third kappa shape index (κ3) is 5.54. The number of carbonyl (C=O) groups excluding carboxylic acids is 2. The molecule has 1 rings (SSSR count). The highest BCUT2D eigenvalue weighted by atomic mass is 16.7. The highest BCUT2D eigenvalue weighted by Crippen LogP contribution is 2.12. The summed E-state index contributed by atoms with van der Waals surface area (Å²) in [5, 5.41) is 0. The summed E-state index contributed by atoms with van der Waals surface area (Å²) < 4.78 is 15.1. The van der Waals surface area contributed by atoms with E-state index >= 15 is 0 Å². The van der Waals surface area contributed by atoms with Crippen molar-refractivity contribution < 1.29 is 23.8 Å². The third-order valence-corrected chi connectivity index (χ3v) is 1.95. The van der Waals surface area contributed by atoms with Gasteiger partial charge in [-0.15, -0.1) is 0 Å². The Labute approximate surface area is 111 Å². The van der Waals surface area contributed by atoms with E-state index in [9.17, 15) is 9.59 Å². The Balaban J connectivity index is 2.63. The molecule has 0 N–H and O–H groups in total. The summed E-state index contributed by atoms with van der Waals surface area (Å²) >= 11 is 0. The number of esters is 2. The van der Waals surface area contributed by atoms with Gasteiger partial charge in [0.15, 0.2) is 6.61 Å². The number of benzene rings is 1. The predicted octanol–water partition coefficient (Wildman–Crippen LogP) is 1.85. The van der Waals surface area contributed by atoms with Crippen LogP contribution in [0.1, 0.15) is 0 Å². The molecule has 0 bridgehead atoms. The summed E-state index contributed by atoms with van der Waals surface area (Å²) in [6, 6.07) is 8.71. The van der Waals surface area contributed by atoms with Crippen molar-refractivity contribution in [3.05, 3.63) is 55.6 Å². The Hall–Kier alpha value is -2.56. The van der Waals surface area contributed by atoms with E-state index < -0.39 is 18.2 Å². The molecular weight excluding hydrogens is 248 g/mol. The standard InChI is InChI=1S/C14H14O5/c1-3-12(15)17-10-14(19-13(16)4-2)18-11-8-6-5-7-9-11/h3-9,14H,1-2,10H2. The molecule has 1 aromatic rings. The first-order chi connectivity index (χ1) is 9.15. The van der Waals surface area contributed by atoms with Crippen LogP contribution in [0.2, 0.25) is 0 Å². The summed E-state index contributed by atoms with van der Waals surface area (Å²) in [4.78, 5) is 22.1. The van der Waals surface area contributed by atoms with Crippen LogP contribution in [0.5, 0.6) is 5.75 Å². The maximum Gasteiger partial charge on any atom is 0.333 e. The van der Waals surface area contributed by atoms with Gasteiger partial charge in [-0.3, -0.25) is 0 Å². The van der Waals surface area contributed by atoms with E-state index in [4.69, 9.17) is 14.2 Å². The second-order valence-electron chi connectivity index (χ2n) is 3.34. The van der Waals surface area contributed by atoms with E-state index in [1.54, 1.807) is 24.3 Å². The fourth-order valence-electron chi connectivity index (χ4n) is 1.13. The van der Waals surface area contributed by atoms with Gasteiger partial charge < -0.3 is 14.2 Å². The fraction of sp³-hybridized carbons (Fsp3) is 0.143. The van der Waals surface area contributed by atoms with Crippen molar-refractivity contribution in [2.75, 3.05) is 6.61 Å². The van der Waals surface area contributed by atoms with Crippen LogP contribution < -0.4 is 4.74 Å². The zero-order valence-corrected chi connectivity index (χ0v) is 10.3. The maximum absolute atomic E-state index is 11.1. The van der Waals surface area contributed by atoms with Crippen LogP contribution in [0.25, 0.3) is 0 Å². The van der Waals surface area contributed by atoms with Gasteiger partial charge in [-0.2, -0.15) is 0 Å². The van der Waals surface area contributed by atoms with Crippen LogP contribution in [0.3, 0.4) is 0 Å². The van der Waals surface area contributed by atoms with Crippen LogP contribution in [0.15, 0.2) is 55.6 Å². The minimum Gasteiger partial charge on any atom is -0.455 e. The highest BCUT2D eigenvalue weighted by Gasteiger charge is 2.16. The van der Waals surface area contributed by atoms with E-state index in [0.717, 1.165) is 12.2 Å². The van der Waals surface area contributed by atoms with Crippen LogP contribution in [0.4, 0.5) is 0 Å². The van der Waals surface area contributed by atoms with Crippen molar-refractivity contribution in [1.29, 1.82) is 0 Å². The first-order valence-corrected chi connectivity index (χ1v) is 5.49. The van der Waals surface area contributed by atoms with Crippen molar-refractivity contribution >= 4 is 11.9 Å². The topological polar surface area (TPSA) is 61.8 Å². The van der Waals surface area contributed by atoms with Gasteiger partial charge in [-0.1, -0.05) is 31.4 Å². The summed E-state index contributed by atoms with van der Waals surface area (Å²) in [6.45, 7) is 6.30. The summed E-state index contributed by atoms with van der Waals surface area (Å²) in [7, 11) is 0. The van der Waals surface area contributed by atoms with Crippen LogP contribution in [-0.4, -0.2) is 24.8 Å². The van der Waals surface area contributed by atoms with E-state index in [0.29, 0.717) is 5.75 Å². The predicted molar refractivity (Wildman–Crippen MR) is 68.3 cm³/mol. The lowest BCUT2D eigenvalue weighted by atomic mass is 10.3. The van der Waals surface area contributed by atoms with E-state index in [-0.39, 0.29) is 6.61 Å². The number of rotatable bonds is 7. The number of carbonyl (C=O) groups is 2. The van der Waals surface area contributed by atoms with Gasteiger partial charge in [0.2, 0.25) is 0 Å². The van der Waals surface area contributed by atoms with E-state index in [2.05, 4.69) is 13.2 Å². The molecule has 1 aromatic carbocycles. The summed E-state index contributed by atoms with van der Waals surface area (Å²) in [5.74, 6) is -0.814. The molecule has 0 heterocycles. The van der Waals surface area contributed by atoms with Gasteiger partial charge in [0.1, 0.15) is 5.75 Å². The Morgan fingerprint density at radius 2 is 1.74 bits per heavy atom. The van der Waals surface area contributed by atoms with Crippen molar-refractivity contribution in [2.24, 2.45) is 0 Å². The number of para-hydroxylation sites is 1. The Bertz CT molecular complexity index is 452. The molecule has 0 aromatic heterocycles. The zero-order valence-electron chi connectivity index (χ0n) is 10.3. The lowest BCUT2D eigenvalue weighted by molar-refractivity contribution is -0.170. The molecule has 0 radical (unpaired) electrons. The molecule has 1 atom stereocenters. The van der Waals surface area contributed by atoms with Gasteiger partial charge >= 0.3 is 11.9 Å². The molecule has 0 saturated heterocycles. The monoisotopic (exact) mass is 262 g/mol. The van der Waals surface area contributed by atoms with Crippen molar-refractivity contribution in [3.63, 3.8) is 0 Å². The first-order valence-electron chi connectivity index (χ1n) is 5.49. The molecule has 19 heavy (non-hydrogen) atoms. The third-order valence-electron chi connectivity index (χ3n) is 1.95. The molecule has 0 aliphatic carbocycles. The van der Waals surface area contributed by atoms with Crippen molar-refractivity contribution in [1.82, 2.24) is 0 Å². The SMILES string of the molecule is C=CC(=O)OCC(OC(=O)C=C)Oc1ccccc1. The molecule has 5 nitrogen and oxygen atoms in total.